The van der Waals surface area contributed by atoms with E-state index in [1.165, 1.54) is 0 Å². The summed E-state index contributed by atoms with van der Waals surface area (Å²) in [4.78, 5) is 7.57. The molecule has 2 rings (SSSR count). The molecule has 2 aromatic rings. The molecule has 2 nitrogen and oxygen atoms in total. The van der Waals surface area contributed by atoms with Crippen molar-refractivity contribution in [3.63, 3.8) is 0 Å². The maximum Gasteiger partial charge on any atom is 0.0267 e. The summed E-state index contributed by atoms with van der Waals surface area (Å²) in [7, 11) is 0. The van der Waals surface area contributed by atoms with Crippen LogP contribution in [0, 0.1) is 0 Å². The zero-order valence-corrected chi connectivity index (χ0v) is 14.8. The minimum absolute atomic E-state index is 0. The van der Waals surface area contributed by atoms with Crippen molar-refractivity contribution >= 4 is 0 Å². The molecule has 0 atom stereocenters. The van der Waals surface area contributed by atoms with Crippen molar-refractivity contribution in [2.45, 2.75) is 15.9 Å². The Morgan fingerprint density at radius 3 is 0.882 bits per heavy atom. The van der Waals surface area contributed by atoms with Crippen LogP contribution in [-0.2, 0) is 17.3 Å². The van der Waals surface area contributed by atoms with E-state index in [1.807, 2.05) is 36.4 Å². The Morgan fingerprint density at radius 2 is 0.824 bits per heavy atom. The summed E-state index contributed by atoms with van der Waals surface area (Å²) in [5, 5.41) is 6.97. The van der Waals surface area contributed by atoms with E-state index in [0.29, 0.717) is 0 Å². The van der Waals surface area contributed by atoms with E-state index in [0.717, 1.165) is 0 Å². The minimum atomic E-state index is -0.269. The first-order chi connectivity index (χ1) is 7.73. The van der Waals surface area contributed by atoms with Crippen LogP contribution in [-0.4, -0.2) is 9.97 Å². The smallest absolute Gasteiger partial charge is 0.0267 e. The summed E-state index contributed by atoms with van der Waals surface area (Å²) in [5.74, 6) is 0. The number of rotatable bonds is 0. The SMILES string of the molecule is [CH3][Pt+]([CH3])[CH3].[I-].c1ccncc1.c1ccncc1. The molecule has 0 saturated heterocycles. The predicted molar refractivity (Wildman–Crippen MR) is 66.1 cm³/mol. The van der Waals surface area contributed by atoms with E-state index in [-0.39, 0.29) is 41.3 Å². The maximum absolute atomic E-state index is 3.78. The summed E-state index contributed by atoms with van der Waals surface area (Å²) in [5.41, 5.74) is 0. The van der Waals surface area contributed by atoms with Crippen LogP contribution in [0.25, 0.3) is 0 Å². The zero-order chi connectivity index (χ0) is 12.1. The van der Waals surface area contributed by atoms with Gasteiger partial charge in [0.05, 0.1) is 0 Å². The Hall–Kier alpha value is -0.282. The van der Waals surface area contributed by atoms with Crippen molar-refractivity contribution in [3.8, 4) is 0 Å². The van der Waals surface area contributed by atoms with Gasteiger partial charge >= 0.3 is 33.3 Å². The quantitative estimate of drug-likeness (QED) is 0.479. The second-order valence-electron chi connectivity index (χ2n) is 3.00. The van der Waals surface area contributed by atoms with Gasteiger partial charge in [-0.25, -0.2) is 0 Å². The number of hydrogen-bond donors (Lipinski definition) is 0. The van der Waals surface area contributed by atoms with Crippen LogP contribution in [0.4, 0.5) is 0 Å². The molecular weight excluding hydrogens is 506 g/mol. The molecule has 0 saturated carbocycles. The second-order valence-corrected chi connectivity index (χ2v) is 9.81. The molecule has 17 heavy (non-hydrogen) atoms. The molecule has 0 aliphatic carbocycles. The minimum Gasteiger partial charge on any atom is -1.00 e. The van der Waals surface area contributed by atoms with Crippen molar-refractivity contribution in [2.24, 2.45) is 0 Å². The molecule has 0 radical (unpaired) electrons. The Morgan fingerprint density at radius 1 is 0.588 bits per heavy atom. The van der Waals surface area contributed by atoms with Crippen LogP contribution in [0.3, 0.4) is 0 Å². The Kier molecular flexibility index (Phi) is 17.6. The molecule has 2 heterocycles. The third-order valence-electron chi connectivity index (χ3n) is 1.13. The Bertz CT molecular complexity index is 229. The van der Waals surface area contributed by atoms with Crippen molar-refractivity contribution in [1.29, 1.82) is 0 Å². The number of hydrogen-bond acceptors (Lipinski definition) is 2. The third kappa shape index (κ3) is 21.5. The van der Waals surface area contributed by atoms with Crippen LogP contribution in [0.5, 0.6) is 0 Å². The Balaban J connectivity index is 0. The van der Waals surface area contributed by atoms with E-state index in [9.17, 15) is 0 Å². The standard InChI is InChI=1S/2C5H5N.3CH3.HI.Pt/c2*1-2-4-6-5-3-1;;;;;/h2*1-5H;3*1H3;1H;/q;;;;;;+1/p-1. The molecule has 0 aromatic carbocycles. The molecule has 0 spiro atoms. The van der Waals surface area contributed by atoms with Gasteiger partial charge < -0.3 is 24.0 Å². The van der Waals surface area contributed by atoms with Crippen LogP contribution in [0.2, 0.25) is 15.9 Å². The van der Waals surface area contributed by atoms with Crippen LogP contribution < -0.4 is 24.0 Å². The van der Waals surface area contributed by atoms with Gasteiger partial charge in [-0.3, -0.25) is 9.97 Å². The van der Waals surface area contributed by atoms with Gasteiger partial charge in [0.2, 0.25) is 0 Å². The number of aromatic nitrogens is 2. The van der Waals surface area contributed by atoms with Crippen LogP contribution >= 0.6 is 0 Å². The third-order valence-corrected chi connectivity index (χ3v) is 1.13. The van der Waals surface area contributed by atoms with Gasteiger partial charge in [0, 0.05) is 24.8 Å². The molecule has 2 aromatic heterocycles. The largest absolute Gasteiger partial charge is 1.00 e. The number of pyridine rings is 2. The van der Waals surface area contributed by atoms with Gasteiger partial charge in [-0.2, -0.15) is 0 Å². The van der Waals surface area contributed by atoms with Crippen molar-refractivity contribution in [1.82, 2.24) is 9.97 Å². The van der Waals surface area contributed by atoms with Gasteiger partial charge in [-0.1, -0.05) is 12.1 Å². The molecule has 0 aliphatic rings. The van der Waals surface area contributed by atoms with Crippen molar-refractivity contribution in [3.05, 3.63) is 61.2 Å². The topological polar surface area (TPSA) is 25.8 Å². The first-order valence-corrected chi connectivity index (χ1v) is 11.5. The first-order valence-electron chi connectivity index (χ1n) is 4.65. The van der Waals surface area contributed by atoms with Crippen molar-refractivity contribution in [2.75, 3.05) is 0 Å². The molecular formula is C13H19IN2Pt. The van der Waals surface area contributed by atoms with E-state index in [2.05, 4.69) is 25.9 Å². The monoisotopic (exact) mass is 525 g/mol. The fourth-order valence-corrected chi connectivity index (χ4v) is 0.625. The van der Waals surface area contributed by atoms with E-state index < -0.39 is 0 Å². The molecule has 0 bridgehead atoms. The van der Waals surface area contributed by atoms with Crippen LogP contribution in [0.1, 0.15) is 0 Å². The van der Waals surface area contributed by atoms with E-state index >= 15 is 0 Å². The molecule has 0 N–H and O–H groups in total. The van der Waals surface area contributed by atoms with Gasteiger partial charge in [0.25, 0.3) is 0 Å². The molecule has 0 fully saturated rings. The summed E-state index contributed by atoms with van der Waals surface area (Å²) in [6.07, 6.45) is 7.00. The molecule has 0 amide bonds. The van der Waals surface area contributed by atoms with Crippen molar-refractivity contribution < 1.29 is 41.3 Å². The summed E-state index contributed by atoms with van der Waals surface area (Å²) < 4.78 is 0. The fourth-order valence-electron chi connectivity index (χ4n) is 0.625. The Labute approximate surface area is 127 Å². The average Bonchev–Trinajstić information content (AvgIpc) is 2.34. The molecule has 98 valence electrons. The second kappa shape index (κ2) is 15.7. The van der Waals surface area contributed by atoms with Gasteiger partial charge in [0.1, 0.15) is 0 Å². The van der Waals surface area contributed by atoms with E-state index in [1.54, 1.807) is 24.8 Å². The molecule has 0 unspecified atom stereocenters. The first kappa shape index (κ1) is 19.1. The average molecular weight is 525 g/mol. The summed E-state index contributed by atoms with van der Waals surface area (Å²) >= 11 is -0.269. The summed E-state index contributed by atoms with van der Waals surface area (Å²) in [6.45, 7) is 0. The maximum atomic E-state index is 3.78. The fraction of sp³-hybridized carbons (Fsp3) is 0.231. The normalized spacial score (nSPS) is 8.29. The predicted octanol–water partition coefficient (Wildman–Crippen LogP) is 0.916. The number of halogens is 1. The van der Waals surface area contributed by atoms with E-state index in [4.69, 9.17) is 0 Å². The van der Waals surface area contributed by atoms with Gasteiger partial charge in [-0.15, -0.1) is 0 Å². The zero-order valence-electron chi connectivity index (χ0n) is 10.4. The van der Waals surface area contributed by atoms with Crippen LogP contribution in [0.15, 0.2) is 61.2 Å². The van der Waals surface area contributed by atoms with Gasteiger partial charge in [0.15, 0.2) is 0 Å². The number of nitrogens with zero attached hydrogens (tertiary/aromatic N) is 2. The molecule has 0 aliphatic heterocycles. The molecule has 4 heteroatoms. The van der Waals surface area contributed by atoms with Gasteiger partial charge in [-0.05, 0) is 24.3 Å². The summed E-state index contributed by atoms with van der Waals surface area (Å²) in [6, 6.07) is 11.4.